The zero-order chi connectivity index (χ0) is 77.8. The molecule has 0 fully saturated rings. The fraction of sp³-hybridized carbons (Fsp3) is 0.0102. The number of hydrogen-bond acceptors (Lipinski definition) is 13. The summed E-state index contributed by atoms with van der Waals surface area (Å²) < 4.78 is 59.7. The van der Waals surface area contributed by atoms with Gasteiger partial charge in [-0.2, -0.15) is 18.4 Å². The SMILES string of the molecule is N#Cc1cccc(-c2ccc(-n3c4cc(-c5nc(-c6ccccc6)nc(-c6ccccc6)n5)ccc4c4ccc(-c5nc(-c6ccccc6)nc(-c6ccccc6)n5)cc43)c(C(F)(F)F)c2-n2c3cc(-c4nc(-c5ccccc5)nc(-c5ccccc5)n4)ccc3c3ccc(-c4nc(-c5ccccc5)nc(-c5ccccc5)n4)cc32)c1. The first-order valence-corrected chi connectivity index (χ1v) is 37.5. The molecular weight excluding hydrogens is 1440 g/mol. The van der Waals surface area contributed by atoms with E-state index in [4.69, 9.17) is 59.8 Å². The van der Waals surface area contributed by atoms with Crippen molar-refractivity contribution in [1.29, 1.82) is 5.26 Å². The van der Waals surface area contributed by atoms with E-state index in [1.807, 2.05) is 315 Å². The van der Waals surface area contributed by atoms with Gasteiger partial charge in [0.05, 0.1) is 45.1 Å². The fourth-order valence-electron chi connectivity index (χ4n) is 15.1. The number of alkyl halides is 3. The molecule has 0 saturated heterocycles. The van der Waals surface area contributed by atoms with E-state index in [0.29, 0.717) is 118 Å². The van der Waals surface area contributed by atoms with Crippen molar-refractivity contribution in [3.63, 3.8) is 0 Å². The van der Waals surface area contributed by atoms with Crippen LogP contribution < -0.4 is 0 Å². The van der Waals surface area contributed by atoms with Gasteiger partial charge in [0.2, 0.25) is 0 Å². The van der Waals surface area contributed by atoms with Gasteiger partial charge in [0.25, 0.3) is 0 Å². The third kappa shape index (κ3) is 12.9. The monoisotopic (exact) mass is 1500 g/mol. The predicted octanol–water partition coefficient (Wildman–Crippen LogP) is 23.2. The van der Waals surface area contributed by atoms with Gasteiger partial charge in [0.15, 0.2) is 69.9 Å². The van der Waals surface area contributed by atoms with Gasteiger partial charge >= 0.3 is 6.18 Å². The second-order valence-electron chi connectivity index (χ2n) is 27.8. The molecule has 20 aromatic rings. The van der Waals surface area contributed by atoms with Crippen LogP contribution in [0.1, 0.15) is 11.1 Å². The van der Waals surface area contributed by atoms with Crippen LogP contribution in [0.3, 0.4) is 0 Å². The Morgan fingerprint density at radius 1 is 0.224 bits per heavy atom. The molecule has 0 spiro atoms. The first kappa shape index (κ1) is 69.2. The Morgan fingerprint density at radius 2 is 0.457 bits per heavy atom. The molecule has 6 aromatic heterocycles. The van der Waals surface area contributed by atoms with Crippen LogP contribution in [-0.2, 0) is 6.18 Å². The van der Waals surface area contributed by atoms with Crippen LogP contribution in [-0.4, -0.2) is 68.9 Å². The number of rotatable bonds is 15. The Balaban J connectivity index is 0.912. The minimum atomic E-state index is -5.22. The standard InChI is InChI=1S/C98H58F3N15/c99-98(100,101)84-79(115-80-55-70(94-107-86(61-27-9-1-10-28-61)103-87(108-94)62-29-11-2-12-30-62)44-48-75(80)76-49-45-71(56-81(76)115)95-109-88(63-31-13-3-14-32-63)104-89(110-95)64-33-15-4-16-34-64)53-52-74(69-43-25-26-60(54-69)59-102)85(84)116-82-57-72(96-111-90(65-35-17-5-18-36-65)105-91(112-96)66-37-19-6-20-38-66)46-50-77(82)78-51-47-73(58-83(78)116)97-113-92(67-39-21-7-22-40-67)106-93(114-97)68-41-23-8-24-42-68/h1-58H. The van der Waals surface area contributed by atoms with Crippen LogP contribution in [0, 0.1) is 11.3 Å². The average Bonchev–Trinajstić information content (AvgIpc) is 1.50. The van der Waals surface area contributed by atoms with Gasteiger partial charge < -0.3 is 9.13 Å². The van der Waals surface area contributed by atoms with E-state index >= 15 is 13.2 Å². The van der Waals surface area contributed by atoms with E-state index in [2.05, 4.69) is 6.07 Å². The summed E-state index contributed by atoms with van der Waals surface area (Å²) in [6.45, 7) is 0. The lowest BCUT2D eigenvalue weighted by Gasteiger charge is -2.25. The molecule has 0 amide bonds. The highest BCUT2D eigenvalue weighted by molar-refractivity contribution is 6.14. The number of aromatic nitrogens is 14. The molecule has 14 aromatic carbocycles. The highest BCUT2D eigenvalue weighted by Gasteiger charge is 2.41. The highest BCUT2D eigenvalue weighted by atomic mass is 19.4. The summed E-state index contributed by atoms with van der Waals surface area (Å²) in [6.07, 6.45) is -5.22. The zero-order valence-electron chi connectivity index (χ0n) is 61.3. The normalized spacial score (nSPS) is 11.6. The number of fused-ring (bicyclic) bond motifs is 6. The molecular formula is C98H58F3N15. The van der Waals surface area contributed by atoms with Crippen LogP contribution in [0.25, 0.3) is 203 Å². The first-order chi connectivity index (χ1) is 57.0. The molecule has 6 heterocycles. The lowest BCUT2D eigenvalue weighted by molar-refractivity contribution is -0.137. The minimum Gasteiger partial charge on any atom is -0.309 e. The number of hydrogen-bond donors (Lipinski definition) is 0. The molecule has 0 N–H and O–H groups in total. The van der Waals surface area contributed by atoms with Gasteiger partial charge in [-0.15, -0.1) is 0 Å². The molecule has 0 radical (unpaired) electrons. The van der Waals surface area contributed by atoms with Gasteiger partial charge in [-0.1, -0.05) is 309 Å². The van der Waals surface area contributed by atoms with Crippen molar-refractivity contribution in [2.45, 2.75) is 6.18 Å². The van der Waals surface area contributed by atoms with Gasteiger partial charge in [0.1, 0.15) is 5.56 Å². The first-order valence-electron chi connectivity index (χ1n) is 37.5. The van der Waals surface area contributed by atoms with Gasteiger partial charge in [-0.3, -0.25) is 0 Å². The van der Waals surface area contributed by atoms with Crippen molar-refractivity contribution in [2.75, 3.05) is 0 Å². The Labute approximate surface area is 661 Å². The molecule has 0 aliphatic rings. The summed E-state index contributed by atoms with van der Waals surface area (Å²) >= 11 is 0. The summed E-state index contributed by atoms with van der Waals surface area (Å²) in [5.74, 6) is 4.22. The summed E-state index contributed by atoms with van der Waals surface area (Å²) in [4.78, 5) is 61.4. The van der Waals surface area contributed by atoms with Crippen LogP contribution in [0.5, 0.6) is 0 Å². The van der Waals surface area contributed by atoms with Crippen LogP contribution in [0.15, 0.2) is 352 Å². The third-order valence-electron chi connectivity index (χ3n) is 20.6. The smallest absolute Gasteiger partial charge is 0.309 e. The van der Waals surface area contributed by atoms with E-state index in [9.17, 15) is 5.26 Å². The quantitative estimate of drug-likeness (QED) is 0.0944. The molecule has 0 atom stereocenters. The van der Waals surface area contributed by atoms with Crippen LogP contribution in [0.2, 0.25) is 0 Å². The molecule has 546 valence electrons. The molecule has 0 unspecified atom stereocenters. The number of halogens is 3. The molecule has 20 rings (SSSR count). The Bertz CT molecular complexity index is 6640. The van der Waals surface area contributed by atoms with E-state index in [0.717, 1.165) is 44.5 Å². The lowest BCUT2D eigenvalue weighted by atomic mass is 9.96. The van der Waals surface area contributed by atoms with Crippen molar-refractivity contribution < 1.29 is 13.2 Å². The molecule has 0 saturated carbocycles. The minimum absolute atomic E-state index is 0.143. The molecule has 0 aliphatic heterocycles. The van der Waals surface area contributed by atoms with Crippen molar-refractivity contribution in [3.8, 4) is 165 Å². The second kappa shape index (κ2) is 29.0. The second-order valence-corrected chi connectivity index (χ2v) is 27.8. The zero-order valence-corrected chi connectivity index (χ0v) is 61.3. The van der Waals surface area contributed by atoms with Gasteiger partial charge in [0, 0.05) is 93.9 Å². The van der Waals surface area contributed by atoms with Crippen LogP contribution >= 0.6 is 0 Å². The molecule has 116 heavy (non-hydrogen) atoms. The van der Waals surface area contributed by atoms with Crippen LogP contribution in [0.4, 0.5) is 13.2 Å². The van der Waals surface area contributed by atoms with Crippen molar-refractivity contribution in [2.24, 2.45) is 0 Å². The third-order valence-corrected chi connectivity index (χ3v) is 20.6. The molecule has 0 aliphatic carbocycles. The van der Waals surface area contributed by atoms with E-state index in [1.165, 1.54) is 6.07 Å². The Hall–Kier alpha value is -16.0. The largest absolute Gasteiger partial charge is 0.420 e. The summed E-state index contributed by atoms with van der Waals surface area (Å²) in [5.41, 5.74) is 8.38. The van der Waals surface area contributed by atoms with E-state index in [1.54, 1.807) is 39.5 Å². The van der Waals surface area contributed by atoms with Crippen molar-refractivity contribution in [3.05, 3.63) is 363 Å². The van der Waals surface area contributed by atoms with E-state index in [-0.39, 0.29) is 45.8 Å². The Morgan fingerprint density at radius 3 is 0.698 bits per heavy atom. The molecule has 0 bridgehead atoms. The number of nitriles is 1. The van der Waals surface area contributed by atoms with Crippen molar-refractivity contribution in [1.82, 2.24) is 68.9 Å². The summed E-state index contributed by atoms with van der Waals surface area (Å²) in [7, 11) is 0. The predicted molar refractivity (Wildman–Crippen MR) is 449 cm³/mol. The topological polar surface area (TPSA) is 188 Å². The van der Waals surface area contributed by atoms with E-state index < -0.39 is 11.7 Å². The average molecular weight is 1500 g/mol. The molecule has 18 heteroatoms. The number of benzene rings is 14. The van der Waals surface area contributed by atoms with Gasteiger partial charge in [-0.25, -0.2) is 59.8 Å². The summed E-state index contributed by atoms with van der Waals surface area (Å²) in [6, 6.07) is 111. The highest BCUT2D eigenvalue weighted by Crippen LogP contribution is 2.50. The lowest BCUT2D eigenvalue weighted by Crippen LogP contribution is -2.17. The fourth-order valence-corrected chi connectivity index (χ4v) is 15.1. The van der Waals surface area contributed by atoms with Gasteiger partial charge in [-0.05, 0) is 48.0 Å². The maximum Gasteiger partial charge on any atom is 0.420 e. The number of nitrogens with zero attached hydrogens (tertiary/aromatic N) is 15. The summed E-state index contributed by atoms with van der Waals surface area (Å²) in [5, 5.41) is 13.1. The maximum absolute atomic E-state index is 18.8. The maximum atomic E-state index is 18.8. The Kier molecular flexibility index (Phi) is 17.3. The molecule has 15 nitrogen and oxygen atoms in total. The van der Waals surface area contributed by atoms with Crippen molar-refractivity contribution >= 4 is 43.6 Å².